The third kappa shape index (κ3) is 5.43. The van der Waals surface area contributed by atoms with Crippen molar-refractivity contribution in [2.45, 2.75) is 12.8 Å². The molecule has 1 aliphatic rings. The zero-order chi connectivity index (χ0) is 23.4. The van der Waals surface area contributed by atoms with Crippen LogP contribution in [-0.4, -0.2) is 46.5 Å². The average molecular weight is 465 g/mol. The zero-order valence-corrected chi connectivity index (χ0v) is 19.1. The van der Waals surface area contributed by atoms with Crippen molar-refractivity contribution in [3.05, 3.63) is 72.4 Å². The van der Waals surface area contributed by atoms with Crippen molar-refractivity contribution in [1.82, 2.24) is 14.5 Å². The molecule has 1 heterocycles. The number of methoxy groups -OCH3 is 1. The number of hydrogen-bond donors (Lipinski definition) is 1. The lowest BCUT2D eigenvalue weighted by Gasteiger charge is -2.20. The Balaban J connectivity index is 1.61. The number of benzene rings is 2. The van der Waals surface area contributed by atoms with E-state index >= 15 is 0 Å². The number of nitrogens with one attached hydrogen (secondary N) is 1. The van der Waals surface area contributed by atoms with Gasteiger partial charge in [-0.25, -0.2) is 4.98 Å². The van der Waals surface area contributed by atoms with Gasteiger partial charge in [-0.15, -0.1) is 6.58 Å². The molecule has 0 radical (unpaired) electrons. The van der Waals surface area contributed by atoms with Crippen LogP contribution >= 0.6 is 11.6 Å². The molecule has 2 aromatic carbocycles. The molecule has 0 unspecified atom stereocenters. The number of anilines is 1. The average Bonchev–Trinajstić information content (AvgIpc) is 3.59. The Labute approximate surface area is 197 Å². The molecule has 0 spiro atoms. The number of amides is 2. The zero-order valence-electron chi connectivity index (χ0n) is 18.3. The molecular weight excluding hydrogens is 440 g/mol. The molecule has 0 bridgehead atoms. The maximum atomic E-state index is 12.9. The third-order valence-electron chi connectivity index (χ3n) is 5.37. The number of imidazole rings is 1. The Morgan fingerprint density at radius 1 is 1.21 bits per heavy atom. The second kappa shape index (κ2) is 9.92. The lowest BCUT2D eigenvalue weighted by molar-refractivity contribution is -0.135. The van der Waals surface area contributed by atoms with Crippen LogP contribution in [0.5, 0.6) is 5.75 Å². The van der Waals surface area contributed by atoms with Gasteiger partial charge in [0, 0.05) is 34.9 Å². The van der Waals surface area contributed by atoms with E-state index in [9.17, 15) is 9.59 Å². The summed E-state index contributed by atoms with van der Waals surface area (Å²) >= 11 is 6.02. The first-order valence-corrected chi connectivity index (χ1v) is 11.1. The van der Waals surface area contributed by atoms with Crippen LogP contribution in [0, 0.1) is 5.92 Å². The standard InChI is InChI=1S/C25H25ClN4O3/c1-3-14-29(24(32)18-4-5-18)16-23(31)28-25-27-22(17-6-8-19(26)9-7-17)15-30(25)20-10-12-21(33-2)13-11-20/h3,6-13,15,18H,1,4-5,14,16H2,2H3,(H,27,28,31). The highest BCUT2D eigenvalue weighted by molar-refractivity contribution is 6.30. The van der Waals surface area contributed by atoms with Gasteiger partial charge in [0.2, 0.25) is 17.8 Å². The van der Waals surface area contributed by atoms with E-state index in [1.54, 1.807) is 29.9 Å². The number of nitrogens with zero attached hydrogens (tertiary/aromatic N) is 3. The highest BCUT2D eigenvalue weighted by Gasteiger charge is 2.33. The van der Waals surface area contributed by atoms with E-state index < -0.39 is 0 Å². The van der Waals surface area contributed by atoms with E-state index in [-0.39, 0.29) is 24.3 Å². The summed E-state index contributed by atoms with van der Waals surface area (Å²) in [6.45, 7) is 3.97. The number of rotatable bonds is 9. The predicted octanol–water partition coefficient (Wildman–Crippen LogP) is 4.56. The van der Waals surface area contributed by atoms with Gasteiger partial charge in [0.05, 0.1) is 12.8 Å². The molecule has 1 N–H and O–H groups in total. The molecular formula is C25H25ClN4O3. The summed E-state index contributed by atoms with van der Waals surface area (Å²) in [5, 5.41) is 3.50. The molecule has 1 aromatic heterocycles. The lowest BCUT2D eigenvalue weighted by atomic mass is 10.2. The van der Waals surface area contributed by atoms with Crippen LogP contribution in [0.15, 0.2) is 67.4 Å². The molecule has 2 amide bonds. The van der Waals surface area contributed by atoms with Gasteiger partial charge in [0.15, 0.2) is 0 Å². The Morgan fingerprint density at radius 3 is 2.52 bits per heavy atom. The first-order chi connectivity index (χ1) is 16.0. The maximum Gasteiger partial charge on any atom is 0.246 e. The fourth-order valence-corrected chi connectivity index (χ4v) is 3.61. The molecule has 3 aromatic rings. The van der Waals surface area contributed by atoms with E-state index in [2.05, 4.69) is 16.9 Å². The fraction of sp³-hybridized carbons (Fsp3) is 0.240. The van der Waals surface area contributed by atoms with Crippen molar-refractivity contribution in [3.63, 3.8) is 0 Å². The Bertz CT molecular complexity index is 1150. The fourth-order valence-electron chi connectivity index (χ4n) is 3.48. The predicted molar refractivity (Wildman–Crippen MR) is 129 cm³/mol. The normalized spacial score (nSPS) is 12.8. The minimum atomic E-state index is -0.325. The van der Waals surface area contributed by atoms with Crippen molar-refractivity contribution in [2.75, 3.05) is 25.5 Å². The summed E-state index contributed by atoms with van der Waals surface area (Å²) in [5.74, 6) is 0.767. The topological polar surface area (TPSA) is 76.5 Å². The van der Waals surface area contributed by atoms with Gasteiger partial charge in [-0.05, 0) is 49.2 Å². The molecule has 170 valence electrons. The van der Waals surface area contributed by atoms with E-state index in [4.69, 9.17) is 16.3 Å². The summed E-state index contributed by atoms with van der Waals surface area (Å²) in [4.78, 5) is 31.6. The summed E-state index contributed by atoms with van der Waals surface area (Å²) in [6, 6.07) is 14.7. The van der Waals surface area contributed by atoms with E-state index in [1.807, 2.05) is 42.6 Å². The highest BCUT2D eigenvalue weighted by Crippen LogP contribution is 2.31. The number of ether oxygens (including phenoxy) is 1. The molecule has 0 atom stereocenters. The van der Waals surface area contributed by atoms with Gasteiger partial charge < -0.3 is 9.64 Å². The number of hydrogen-bond acceptors (Lipinski definition) is 4. The Kier molecular flexibility index (Phi) is 6.79. The van der Waals surface area contributed by atoms with Crippen LogP contribution in [0.1, 0.15) is 12.8 Å². The summed E-state index contributed by atoms with van der Waals surface area (Å²) in [7, 11) is 1.61. The minimum absolute atomic E-state index is 0.00889. The molecule has 33 heavy (non-hydrogen) atoms. The Hall–Kier alpha value is -3.58. The molecule has 0 saturated heterocycles. The summed E-state index contributed by atoms with van der Waals surface area (Å²) < 4.78 is 7.04. The number of aromatic nitrogens is 2. The van der Waals surface area contributed by atoms with Crippen LogP contribution in [0.4, 0.5) is 5.95 Å². The molecule has 4 rings (SSSR count). The molecule has 1 saturated carbocycles. The van der Waals surface area contributed by atoms with Crippen molar-refractivity contribution in [3.8, 4) is 22.7 Å². The third-order valence-corrected chi connectivity index (χ3v) is 5.62. The SMILES string of the molecule is C=CCN(CC(=O)Nc1nc(-c2ccc(Cl)cc2)cn1-c1ccc(OC)cc1)C(=O)C1CC1. The molecule has 0 aliphatic heterocycles. The molecule has 1 fully saturated rings. The van der Waals surface area contributed by atoms with Gasteiger partial charge >= 0.3 is 0 Å². The van der Waals surface area contributed by atoms with Crippen molar-refractivity contribution in [2.24, 2.45) is 5.92 Å². The second-order valence-corrected chi connectivity index (χ2v) is 8.29. The number of halogens is 1. The minimum Gasteiger partial charge on any atom is -0.497 e. The first-order valence-electron chi connectivity index (χ1n) is 10.7. The van der Waals surface area contributed by atoms with E-state index in [0.29, 0.717) is 23.2 Å². The molecule has 1 aliphatic carbocycles. The first kappa shape index (κ1) is 22.6. The largest absolute Gasteiger partial charge is 0.497 e. The van der Waals surface area contributed by atoms with Gasteiger partial charge in [-0.2, -0.15) is 0 Å². The smallest absolute Gasteiger partial charge is 0.246 e. The van der Waals surface area contributed by atoms with Gasteiger partial charge in [0.25, 0.3) is 0 Å². The Morgan fingerprint density at radius 2 is 1.91 bits per heavy atom. The van der Waals surface area contributed by atoms with Crippen LogP contribution in [0.3, 0.4) is 0 Å². The van der Waals surface area contributed by atoms with Crippen molar-refractivity contribution in [1.29, 1.82) is 0 Å². The van der Waals surface area contributed by atoms with Crippen molar-refractivity contribution < 1.29 is 14.3 Å². The highest BCUT2D eigenvalue weighted by atomic mass is 35.5. The summed E-state index contributed by atoms with van der Waals surface area (Å²) in [5.41, 5.74) is 2.34. The van der Waals surface area contributed by atoms with E-state index in [1.165, 1.54) is 4.90 Å². The van der Waals surface area contributed by atoms with Crippen LogP contribution in [0.25, 0.3) is 16.9 Å². The number of carbonyl (C=O) groups is 2. The van der Waals surface area contributed by atoms with Crippen LogP contribution in [0.2, 0.25) is 5.02 Å². The molecule has 7 nitrogen and oxygen atoms in total. The second-order valence-electron chi connectivity index (χ2n) is 7.85. The quantitative estimate of drug-likeness (QED) is 0.471. The van der Waals surface area contributed by atoms with Gasteiger partial charge in [-0.1, -0.05) is 29.8 Å². The van der Waals surface area contributed by atoms with Gasteiger partial charge in [-0.3, -0.25) is 19.5 Å². The monoisotopic (exact) mass is 464 g/mol. The van der Waals surface area contributed by atoms with Crippen LogP contribution in [-0.2, 0) is 9.59 Å². The summed E-state index contributed by atoms with van der Waals surface area (Å²) in [6.07, 6.45) is 5.23. The van der Waals surface area contributed by atoms with Gasteiger partial charge in [0.1, 0.15) is 12.3 Å². The van der Waals surface area contributed by atoms with Crippen LogP contribution < -0.4 is 10.1 Å². The maximum absolute atomic E-state index is 12.9. The lowest BCUT2D eigenvalue weighted by Crippen LogP contribution is -2.39. The van der Waals surface area contributed by atoms with Crippen molar-refractivity contribution >= 4 is 29.4 Å². The number of carbonyl (C=O) groups excluding carboxylic acids is 2. The molecule has 8 heteroatoms. The van der Waals surface area contributed by atoms with E-state index in [0.717, 1.165) is 29.8 Å².